The third-order valence-corrected chi connectivity index (χ3v) is 4.59. The number of ether oxygens (including phenoxy) is 1. The monoisotopic (exact) mass is 331 g/mol. The standard InChI is InChI=1S/C18H25N3O3/c1-13(20-17(22)11-15-12-24-10-8-19-15)14-4-6-16(7-5-14)21-9-2-3-18(21)23/h4-7,13,15,19H,2-3,8-12H2,1H3,(H,20,22). The van der Waals surface area contributed by atoms with Crippen LogP contribution >= 0.6 is 0 Å². The van der Waals surface area contributed by atoms with E-state index in [1.807, 2.05) is 36.1 Å². The van der Waals surface area contributed by atoms with Crippen molar-refractivity contribution in [2.75, 3.05) is 31.2 Å². The number of hydrogen-bond acceptors (Lipinski definition) is 4. The van der Waals surface area contributed by atoms with E-state index in [0.717, 1.165) is 30.8 Å². The minimum absolute atomic E-state index is 0.0179. The van der Waals surface area contributed by atoms with Gasteiger partial charge in [-0.3, -0.25) is 9.59 Å². The van der Waals surface area contributed by atoms with Crippen molar-refractivity contribution in [2.24, 2.45) is 0 Å². The fourth-order valence-corrected chi connectivity index (χ4v) is 3.22. The molecule has 1 aromatic carbocycles. The van der Waals surface area contributed by atoms with Gasteiger partial charge in [-0.25, -0.2) is 0 Å². The lowest BCUT2D eigenvalue weighted by atomic mass is 10.1. The Morgan fingerprint density at radius 2 is 2.21 bits per heavy atom. The normalized spacial score (nSPS) is 22.5. The largest absolute Gasteiger partial charge is 0.378 e. The fraction of sp³-hybridized carbons (Fsp3) is 0.556. The van der Waals surface area contributed by atoms with Gasteiger partial charge in [0.15, 0.2) is 0 Å². The van der Waals surface area contributed by atoms with Crippen LogP contribution in [-0.4, -0.2) is 44.2 Å². The Balaban J connectivity index is 1.53. The van der Waals surface area contributed by atoms with E-state index in [1.165, 1.54) is 0 Å². The van der Waals surface area contributed by atoms with E-state index in [1.54, 1.807) is 0 Å². The molecule has 2 fully saturated rings. The molecule has 2 aliphatic rings. The first-order valence-electron chi connectivity index (χ1n) is 8.64. The van der Waals surface area contributed by atoms with Crippen molar-refractivity contribution >= 4 is 17.5 Å². The highest BCUT2D eigenvalue weighted by molar-refractivity contribution is 5.95. The molecule has 0 radical (unpaired) electrons. The number of morpholine rings is 1. The molecule has 0 aliphatic carbocycles. The van der Waals surface area contributed by atoms with Crippen LogP contribution in [0, 0.1) is 0 Å². The Bertz CT molecular complexity index is 582. The van der Waals surface area contributed by atoms with Gasteiger partial charge in [-0.05, 0) is 31.0 Å². The number of amides is 2. The Morgan fingerprint density at radius 1 is 1.42 bits per heavy atom. The molecule has 2 atom stereocenters. The van der Waals surface area contributed by atoms with E-state index < -0.39 is 0 Å². The molecule has 0 aromatic heterocycles. The first kappa shape index (κ1) is 16.9. The number of carbonyl (C=O) groups is 2. The number of rotatable bonds is 5. The summed E-state index contributed by atoms with van der Waals surface area (Å²) in [5.74, 6) is 0.204. The summed E-state index contributed by atoms with van der Waals surface area (Å²) in [5.41, 5.74) is 1.97. The topological polar surface area (TPSA) is 70.7 Å². The first-order chi connectivity index (χ1) is 11.6. The smallest absolute Gasteiger partial charge is 0.227 e. The van der Waals surface area contributed by atoms with Crippen LogP contribution in [0.3, 0.4) is 0 Å². The van der Waals surface area contributed by atoms with E-state index >= 15 is 0 Å². The van der Waals surface area contributed by atoms with Gasteiger partial charge in [0.05, 0.1) is 19.3 Å². The Morgan fingerprint density at radius 3 is 2.83 bits per heavy atom. The van der Waals surface area contributed by atoms with Crippen LogP contribution in [0.2, 0.25) is 0 Å². The third-order valence-electron chi connectivity index (χ3n) is 4.59. The van der Waals surface area contributed by atoms with Gasteiger partial charge in [-0.15, -0.1) is 0 Å². The summed E-state index contributed by atoms with van der Waals surface area (Å²) >= 11 is 0. The van der Waals surface area contributed by atoms with Gasteiger partial charge in [0.25, 0.3) is 0 Å². The number of carbonyl (C=O) groups excluding carboxylic acids is 2. The molecule has 2 unspecified atom stereocenters. The lowest BCUT2D eigenvalue weighted by Crippen LogP contribution is -2.44. The maximum Gasteiger partial charge on any atom is 0.227 e. The Kier molecular flexibility index (Phi) is 5.48. The summed E-state index contributed by atoms with van der Waals surface area (Å²) in [7, 11) is 0. The number of anilines is 1. The minimum atomic E-state index is -0.0645. The quantitative estimate of drug-likeness (QED) is 0.855. The highest BCUT2D eigenvalue weighted by atomic mass is 16.5. The summed E-state index contributed by atoms with van der Waals surface area (Å²) in [6.45, 7) is 4.85. The molecule has 2 heterocycles. The summed E-state index contributed by atoms with van der Waals surface area (Å²) in [5, 5.41) is 6.31. The third kappa shape index (κ3) is 4.13. The van der Waals surface area contributed by atoms with Crippen LogP contribution in [0.25, 0.3) is 0 Å². The fourth-order valence-electron chi connectivity index (χ4n) is 3.22. The van der Waals surface area contributed by atoms with Crippen molar-refractivity contribution in [3.8, 4) is 0 Å². The molecule has 2 aliphatic heterocycles. The molecule has 6 nitrogen and oxygen atoms in total. The van der Waals surface area contributed by atoms with Gasteiger partial charge >= 0.3 is 0 Å². The average molecular weight is 331 g/mol. The van der Waals surface area contributed by atoms with Crippen LogP contribution < -0.4 is 15.5 Å². The SMILES string of the molecule is CC(NC(=O)CC1COCCN1)c1ccc(N2CCCC2=O)cc1. The second-order valence-electron chi connectivity index (χ2n) is 6.46. The predicted molar refractivity (Wildman–Crippen MR) is 91.8 cm³/mol. The molecule has 3 rings (SSSR count). The molecular formula is C18H25N3O3. The highest BCUT2D eigenvalue weighted by Crippen LogP contribution is 2.23. The zero-order valence-corrected chi connectivity index (χ0v) is 14.1. The summed E-state index contributed by atoms with van der Waals surface area (Å²) in [4.78, 5) is 25.8. The zero-order chi connectivity index (χ0) is 16.9. The van der Waals surface area contributed by atoms with Gasteiger partial charge in [0.1, 0.15) is 0 Å². The average Bonchev–Trinajstić information content (AvgIpc) is 3.02. The molecular weight excluding hydrogens is 306 g/mol. The molecule has 2 saturated heterocycles. The second kappa shape index (κ2) is 7.77. The van der Waals surface area contributed by atoms with Gasteiger partial charge in [-0.2, -0.15) is 0 Å². The minimum Gasteiger partial charge on any atom is -0.378 e. The molecule has 1 aromatic rings. The van der Waals surface area contributed by atoms with E-state index in [-0.39, 0.29) is 23.9 Å². The molecule has 2 amide bonds. The molecule has 0 spiro atoms. The van der Waals surface area contributed by atoms with Crippen LogP contribution in [0.4, 0.5) is 5.69 Å². The van der Waals surface area contributed by atoms with Gasteiger partial charge in [0.2, 0.25) is 11.8 Å². The maximum atomic E-state index is 12.2. The summed E-state index contributed by atoms with van der Waals surface area (Å²) in [6.07, 6.45) is 1.98. The van der Waals surface area contributed by atoms with Gasteiger partial charge in [-0.1, -0.05) is 12.1 Å². The van der Waals surface area contributed by atoms with Crippen molar-refractivity contribution in [1.29, 1.82) is 0 Å². The van der Waals surface area contributed by atoms with Crippen molar-refractivity contribution in [2.45, 2.75) is 38.3 Å². The zero-order valence-electron chi connectivity index (χ0n) is 14.1. The van der Waals surface area contributed by atoms with Crippen LogP contribution in [0.5, 0.6) is 0 Å². The van der Waals surface area contributed by atoms with E-state index in [2.05, 4.69) is 10.6 Å². The maximum absolute atomic E-state index is 12.2. The molecule has 0 bridgehead atoms. The molecule has 24 heavy (non-hydrogen) atoms. The summed E-state index contributed by atoms with van der Waals surface area (Å²) < 4.78 is 5.37. The van der Waals surface area contributed by atoms with Crippen molar-refractivity contribution in [1.82, 2.24) is 10.6 Å². The molecule has 6 heteroatoms. The second-order valence-corrected chi connectivity index (χ2v) is 6.46. The predicted octanol–water partition coefficient (Wildman–Crippen LogP) is 1.37. The van der Waals surface area contributed by atoms with Crippen LogP contribution in [0.15, 0.2) is 24.3 Å². The highest BCUT2D eigenvalue weighted by Gasteiger charge is 2.22. The number of benzene rings is 1. The molecule has 130 valence electrons. The van der Waals surface area contributed by atoms with Crippen molar-refractivity contribution in [3.05, 3.63) is 29.8 Å². The lowest BCUT2D eigenvalue weighted by molar-refractivity contribution is -0.123. The van der Waals surface area contributed by atoms with E-state index in [9.17, 15) is 9.59 Å². The van der Waals surface area contributed by atoms with Crippen molar-refractivity contribution in [3.63, 3.8) is 0 Å². The Hall–Kier alpha value is -1.92. The summed E-state index contributed by atoms with van der Waals surface area (Å²) in [6, 6.07) is 7.90. The number of nitrogens with zero attached hydrogens (tertiary/aromatic N) is 1. The Labute approximate surface area is 142 Å². The van der Waals surface area contributed by atoms with Gasteiger partial charge in [0, 0.05) is 37.7 Å². The number of nitrogens with one attached hydrogen (secondary N) is 2. The molecule has 0 saturated carbocycles. The number of hydrogen-bond donors (Lipinski definition) is 2. The lowest BCUT2D eigenvalue weighted by Gasteiger charge is -2.24. The first-order valence-corrected chi connectivity index (χ1v) is 8.64. The van der Waals surface area contributed by atoms with Gasteiger partial charge < -0.3 is 20.3 Å². The van der Waals surface area contributed by atoms with Crippen LogP contribution in [-0.2, 0) is 14.3 Å². The van der Waals surface area contributed by atoms with Crippen molar-refractivity contribution < 1.29 is 14.3 Å². The van der Waals surface area contributed by atoms with Crippen LogP contribution in [0.1, 0.15) is 37.8 Å². The van der Waals surface area contributed by atoms with E-state index in [4.69, 9.17) is 4.74 Å². The van der Waals surface area contributed by atoms with E-state index in [0.29, 0.717) is 26.1 Å². The molecule has 2 N–H and O–H groups in total.